The first kappa shape index (κ1) is 44.7. The predicted molar refractivity (Wildman–Crippen MR) is 312 cm³/mol. The maximum Gasteiger partial charge on any atom is 0.0714 e. The molecule has 4 heteroatoms. The molecule has 354 valence electrons. The van der Waals surface area contributed by atoms with Crippen LogP contribution >= 0.6 is 0 Å². The van der Waals surface area contributed by atoms with Crippen molar-refractivity contribution < 1.29 is 0 Å². The molecule has 12 aromatic rings. The summed E-state index contributed by atoms with van der Waals surface area (Å²) in [6.07, 6.45) is 7.48. The van der Waals surface area contributed by atoms with E-state index in [9.17, 15) is 0 Å². The zero-order valence-electron chi connectivity index (χ0n) is 41.6. The molecule has 0 saturated heterocycles. The van der Waals surface area contributed by atoms with Gasteiger partial charge in [0.15, 0.2) is 0 Å². The summed E-state index contributed by atoms with van der Waals surface area (Å²) >= 11 is 0. The Balaban J connectivity index is 0.960. The molecule has 0 fully saturated rings. The van der Waals surface area contributed by atoms with Crippen molar-refractivity contribution in [3.63, 3.8) is 0 Å². The molecule has 2 aromatic heterocycles. The van der Waals surface area contributed by atoms with E-state index in [2.05, 4.69) is 295 Å². The molecular formula is C70H54N4. The minimum Gasteiger partial charge on any atom is -0.316 e. The second kappa shape index (κ2) is 18.7. The molecule has 0 unspecified atom stereocenters. The van der Waals surface area contributed by atoms with Gasteiger partial charge in [-0.25, -0.2) is 0 Å². The number of aliphatic imine (C=N–C) groups is 1. The number of fused-ring (bicyclic) bond motifs is 7. The summed E-state index contributed by atoms with van der Waals surface area (Å²) in [7, 11) is 0. The Bertz CT molecular complexity index is 4010. The van der Waals surface area contributed by atoms with Gasteiger partial charge < -0.3 is 14.0 Å². The fourth-order valence-corrected chi connectivity index (χ4v) is 11.7. The molecular weight excluding hydrogens is 897 g/mol. The molecule has 0 radical (unpaired) electrons. The lowest BCUT2D eigenvalue weighted by Gasteiger charge is -2.35. The summed E-state index contributed by atoms with van der Waals surface area (Å²) in [5, 5.41) is 3.66. The van der Waals surface area contributed by atoms with Gasteiger partial charge in [0.25, 0.3) is 0 Å². The van der Waals surface area contributed by atoms with E-state index in [4.69, 9.17) is 4.99 Å². The van der Waals surface area contributed by atoms with Gasteiger partial charge >= 0.3 is 0 Å². The molecule has 2 heterocycles. The fraction of sp³-hybridized carbons (Fsp3) is 0.0714. The van der Waals surface area contributed by atoms with Gasteiger partial charge in [0.05, 0.1) is 27.7 Å². The summed E-state index contributed by atoms with van der Waals surface area (Å²) in [6.45, 7) is 4.98. The second-order valence-corrected chi connectivity index (χ2v) is 19.2. The van der Waals surface area contributed by atoms with Gasteiger partial charge in [-0.1, -0.05) is 171 Å². The molecule has 74 heavy (non-hydrogen) atoms. The van der Waals surface area contributed by atoms with Gasteiger partial charge in [-0.2, -0.15) is 0 Å². The fourth-order valence-electron chi connectivity index (χ4n) is 11.7. The number of hydrogen-bond acceptors (Lipinski definition) is 2. The van der Waals surface area contributed by atoms with Crippen molar-refractivity contribution in [3.05, 3.63) is 295 Å². The van der Waals surface area contributed by atoms with E-state index in [0.29, 0.717) is 0 Å². The second-order valence-electron chi connectivity index (χ2n) is 19.2. The van der Waals surface area contributed by atoms with Gasteiger partial charge in [-0.05, 0) is 160 Å². The van der Waals surface area contributed by atoms with Crippen molar-refractivity contribution in [3.8, 4) is 33.6 Å². The highest BCUT2D eigenvalue weighted by molar-refractivity contribution is 6.14. The topological polar surface area (TPSA) is 25.5 Å². The van der Waals surface area contributed by atoms with Crippen LogP contribution in [0.3, 0.4) is 0 Å². The lowest BCUT2D eigenvalue weighted by atomic mass is 9.67. The SMILES string of the molecule is CC/C=C\C(=NCC)c1ccc(N(c2ccc(-c3ccc4c(c3)c3cc5ccn(-c6ccccc6)c5cc3n4-c3ccccc3)cc2)c2ccc3c(c2)C(c2ccccc2)(c2ccccc2)c2ccccc2-3)cc1. The van der Waals surface area contributed by atoms with Crippen molar-refractivity contribution in [2.24, 2.45) is 4.99 Å². The van der Waals surface area contributed by atoms with Gasteiger partial charge in [-0.15, -0.1) is 0 Å². The first-order chi connectivity index (χ1) is 36.6. The highest BCUT2D eigenvalue weighted by Gasteiger charge is 2.46. The highest BCUT2D eigenvalue weighted by atomic mass is 15.1. The van der Waals surface area contributed by atoms with Crippen molar-refractivity contribution in [2.45, 2.75) is 25.7 Å². The van der Waals surface area contributed by atoms with Crippen LogP contribution in [0.1, 0.15) is 48.1 Å². The molecule has 0 spiro atoms. The van der Waals surface area contributed by atoms with Crippen LogP contribution in [-0.4, -0.2) is 21.4 Å². The predicted octanol–water partition coefficient (Wildman–Crippen LogP) is 18.0. The number of nitrogens with zero attached hydrogens (tertiary/aromatic N) is 4. The smallest absolute Gasteiger partial charge is 0.0714 e. The largest absolute Gasteiger partial charge is 0.316 e. The van der Waals surface area contributed by atoms with Gasteiger partial charge in [-0.3, -0.25) is 4.99 Å². The molecule has 13 rings (SSSR count). The molecule has 0 atom stereocenters. The Morgan fingerprint density at radius 1 is 0.473 bits per heavy atom. The molecule has 0 aliphatic heterocycles. The van der Waals surface area contributed by atoms with Crippen LogP contribution in [0, 0.1) is 0 Å². The van der Waals surface area contributed by atoms with Crippen LogP contribution in [0.5, 0.6) is 0 Å². The Hall–Kier alpha value is -9.25. The van der Waals surface area contributed by atoms with E-state index in [-0.39, 0.29) is 0 Å². The van der Waals surface area contributed by atoms with Crippen molar-refractivity contribution in [1.82, 2.24) is 9.13 Å². The first-order valence-corrected chi connectivity index (χ1v) is 25.9. The summed E-state index contributed by atoms with van der Waals surface area (Å²) < 4.78 is 4.71. The molecule has 0 bridgehead atoms. The van der Waals surface area contributed by atoms with Crippen LogP contribution in [0.2, 0.25) is 0 Å². The minimum atomic E-state index is -0.527. The molecule has 1 aliphatic rings. The van der Waals surface area contributed by atoms with Gasteiger partial charge in [0.2, 0.25) is 0 Å². The van der Waals surface area contributed by atoms with E-state index in [1.54, 1.807) is 0 Å². The number of para-hydroxylation sites is 2. The maximum atomic E-state index is 4.89. The molecule has 0 N–H and O–H groups in total. The van der Waals surface area contributed by atoms with Gasteiger partial charge in [0.1, 0.15) is 0 Å². The quantitative estimate of drug-likeness (QED) is 0.112. The third-order valence-corrected chi connectivity index (χ3v) is 15.0. The summed E-state index contributed by atoms with van der Waals surface area (Å²) in [5.74, 6) is 0. The summed E-state index contributed by atoms with van der Waals surface area (Å²) in [6, 6.07) is 91.6. The van der Waals surface area contributed by atoms with Crippen molar-refractivity contribution in [1.29, 1.82) is 0 Å². The zero-order chi connectivity index (χ0) is 49.6. The van der Waals surface area contributed by atoms with Crippen molar-refractivity contribution in [2.75, 3.05) is 11.4 Å². The average molecular weight is 951 g/mol. The Morgan fingerprint density at radius 3 is 1.73 bits per heavy atom. The van der Waals surface area contributed by atoms with Crippen LogP contribution in [0.25, 0.3) is 66.3 Å². The maximum absolute atomic E-state index is 4.89. The Labute approximate surface area is 433 Å². The summed E-state index contributed by atoms with van der Waals surface area (Å²) in [4.78, 5) is 7.30. The monoisotopic (exact) mass is 950 g/mol. The van der Waals surface area contributed by atoms with E-state index in [0.717, 1.165) is 58.2 Å². The van der Waals surface area contributed by atoms with E-state index < -0.39 is 5.41 Å². The van der Waals surface area contributed by atoms with Crippen LogP contribution < -0.4 is 4.90 Å². The number of anilines is 3. The number of benzene rings is 10. The lowest BCUT2D eigenvalue weighted by Crippen LogP contribution is -2.28. The van der Waals surface area contributed by atoms with Gasteiger partial charge in [0, 0.05) is 57.3 Å². The molecule has 1 aliphatic carbocycles. The zero-order valence-corrected chi connectivity index (χ0v) is 41.6. The Morgan fingerprint density at radius 2 is 1.05 bits per heavy atom. The first-order valence-electron chi connectivity index (χ1n) is 25.9. The average Bonchev–Trinajstić information content (AvgIpc) is 4.15. The van der Waals surface area contributed by atoms with E-state index in [1.165, 1.54) is 71.7 Å². The van der Waals surface area contributed by atoms with E-state index >= 15 is 0 Å². The number of rotatable bonds is 12. The molecule has 4 nitrogen and oxygen atoms in total. The molecule has 10 aromatic carbocycles. The lowest BCUT2D eigenvalue weighted by molar-refractivity contribution is 0.768. The normalized spacial score (nSPS) is 13.0. The molecule has 0 amide bonds. The molecule has 0 saturated carbocycles. The van der Waals surface area contributed by atoms with E-state index in [1.807, 2.05) is 0 Å². The third-order valence-electron chi connectivity index (χ3n) is 15.0. The summed E-state index contributed by atoms with van der Waals surface area (Å²) in [5.41, 5.74) is 20.5. The standard InChI is InChI=1S/C70H54N4/c1-3-5-30-66(71-4-2)50-33-38-58(39-34-50)73(59-40-41-61-60-28-18-19-29-64(60)70(65(61)47-59,53-20-10-6-11-21-53)54-22-12-7-13-23-54)57-36-31-49(32-37-57)51-35-42-67-62(45-51)63-46-52-43-44-72(55-24-14-8-15-25-55)68(52)48-69(63)74(67)56-26-16-9-17-27-56/h5-48H,3-4H2,1-2H3/b30-5-,71-66?. The number of allylic oxidation sites excluding steroid dienone is 2. The number of aromatic nitrogens is 2. The van der Waals surface area contributed by atoms with Crippen LogP contribution in [0.15, 0.2) is 272 Å². The van der Waals surface area contributed by atoms with Crippen LogP contribution in [0.4, 0.5) is 17.1 Å². The third kappa shape index (κ3) is 7.41. The minimum absolute atomic E-state index is 0.527. The Kier molecular flexibility index (Phi) is 11.3. The number of hydrogen-bond donors (Lipinski definition) is 0. The van der Waals surface area contributed by atoms with Crippen LogP contribution in [-0.2, 0) is 5.41 Å². The highest BCUT2D eigenvalue weighted by Crippen LogP contribution is 2.57. The van der Waals surface area contributed by atoms with Crippen molar-refractivity contribution >= 4 is 55.5 Å².